The average molecular weight is 462 g/mol. The van der Waals surface area contributed by atoms with Crippen LogP contribution in [0.3, 0.4) is 0 Å². The minimum absolute atomic E-state index is 0.0535. The van der Waals surface area contributed by atoms with Crippen LogP contribution in [0.2, 0.25) is 0 Å². The number of aromatic nitrogens is 2. The lowest BCUT2D eigenvalue weighted by Gasteiger charge is -2.28. The summed E-state index contributed by atoms with van der Waals surface area (Å²) in [5.74, 6) is 0.313. The number of carbonyl (C=O) groups is 2. The van der Waals surface area contributed by atoms with Gasteiger partial charge in [-0.25, -0.2) is 9.48 Å². The van der Waals surface area contributed by atoms with Gasteiger partial charge < -0.3 is 15.5 Å². The first-order valence-electron chi connectivity index (χ1n) is 11.7. The molecule has 0 aliphatic rings. The smallest absolute Gasteiger partial charge is 0.318 e. The Morgan fingerprint density at radius 3 is 2.24 bits per heavy atom. The molecule has 34 heavy (non-hydrogen) atoms. The van der Waals surface area contributed by atoms with Crippen LogP contribution in [-0.4, -0.2) is 45.2 Å². The first kappa shape index (κ1) is 25.0. The summed E-state index contributed by atoms with van der Waals surface area (Å²) in [5.41, 5.74) is 4.23. The summed E-state index contributed by atoms with van der Waals surface area (Å²) in [5, 5.41) is 10.8. The van der Waals surface area contributed by atoms with Gasteiger partial charge in [-0.2, -0.15) is 5.10 Å². The zero-order valence-corrected chi connectivity index (χ0v) is 21.0. The third-order valence-electron chi connectivity index (χ3n) is 5.26. The van der Waals surface area contributed by atoms with Gasteiger partial charge in [0.1, 0.15) is 12.4 Å². The van der Waals surface area contributed by atoms with Crippen molar-refractivity contribution in [1.82, 2.24) is 20.0 Å². The molecular weight excluding hydrogens is 426 g/mol. The summed E-state index contributed by atoms with van der Waals surface area (Å²) in [7, 11) is 0. The Balaban J connectivity index is 1.96. The third-order valence-corrected chi connectivity index (χ3v) is 5.26. The Morgan fingerprint density at radius 2 is 1.65 bits per heavy atom. The number of benzene rings is 2. The van der Waals surface area contributed by atoms with Gasteiger partial charge in [0.25, 0.3) is 0 Å². The summed E-state index contributed by atoms with van der Waals surface area (Å²) < 4.78 is 1.76. The van der Waals surface area contributed by atoms with Gasteiger partial charge in [0, 0.05) is 17.6 Å². The lowest BCUT2D eigenvalue weighted by molar-refractivity contribution is -0.116. The molecule has 180 valence electrons. The molecule has 0 spiro atoms. The summed E-state index contributed by atoms with van der Waals surface area (Å²) >= 11 is 0. The number of hydrogen-bond acceptors (Lipinski definition) is 3. The summed E-state index contributed by atoms with van der Waals surface area (Å²) in [6.07, 6.45) is 0.751. The molecule has 0 bridgehead atoms. The highest BCUT2D eigenvalue weighted by molar-refractivity contribution is 5.97. The molecule has 3 amide bonds. The number of nitrogens with zero attached hydrogens (tertiary/aromatic N) is 3. The van der Waals surface area contributed by atoms with Crippen LogP contribution in [0.4, 0.5) is 10.6 Å². The second kappa shape index (κ2) is 10.5. The Labute approximate surface area is 202 Å². The van der Waals surface area contributed by atoms with Crippen molar-refractivity contribution in [3.63, 3.8) is 0 Å². The van der Waals surface area contributed by atoms with Gasteiger partial charge in [-0.1, -0.05) is 55.0 Å². The lowest BCUT2D eigenvalue weighted by atomic mass is 10.1. The van der Waals surface area contributed by atoms with Crippen molar-refractivity contribution in [1.29, 1.82) is 0 Å². The van der Waals surface area contributed by atoms with E-state index in [0.29, 0.717) is 12.4 Å². The van der Waals surface area contributed by atoms with Crippen LogP contribution in [0, 0.1) is 13.8 Å². The molecule has 0 atom stereocenters. The molecule has 2 N–H and O–H groups in total. The number of carbonyl (C=O) groups excluding carboxylic acids is 2. The fourth-order valence-corrected chi connectivity index (χ4v) is 3.73. The van der Waals surface area contributed by atoms with Crippen molar-refractivity contribution in [3.05, 3.63) is 65.9 Å². The van der Waals surface area contributed by atoms with E-state index in [1.165, 1.54) is 0 Å². The number of aryl methyl sites for hydroxylation is 2. The molecule has 0 fully saturated rings. The molecule has 0 aliphatic heterocycles. The molecule has 1 heterocycles. The van der Waals surface area contributed by atoms with E-state index in [1.807, 2.05) is 96.1 Å². The van der Waals surface area contributed by atoms with Gasteiger partial charge >= 0.3 is 6.03 Å². The molecule has 7 heteroatoms. The van der Waals surface area contributed by atoms with Gasteiger partial charge in [0.15, 0.2) is 0 Å². The third kappa shape index (κ3) is 6.25. The van der Waals surface area contributed by atoms with E-state index in [9.17, 15) is 9.59 Å². The second-order valence-corrected chi connectivity index (χ2v) is 9.57. The van der Waals surface area contributed by atoms with Gasteiger partial charge in [-0.05, 0) is 58.7 Å². The zero-order valence-electron chi connectivity index (χ0n) is 21.0. The minimum Gasteiger partial charge on any atom is -0.333 e. The molecule has 3 rings (SSSR count). The van der Waals surface area contributed by atoms with Gasteiger partial charge in [-0.15, -0.1) is 0 Å². The molecule has 0 aliphatic carbocycles. The summed E-state index contributed by atoms with van der Waals surface area (Å²) in [6.45, 7) is 12.1. The Morgan fingerprint density at radius 1 is 1.00 bits per heavy atom. The number of nitrogens with one attached hydrogen (secondary N) is 2. The first-order chi connectivity index (χ1) is 16.1. The molecule has 1 aromatic heterocycles. The maximum atomic E-state index is 13.2. The highest BCUT2D eigenvalue weighted by atomic mass is 16.2. The van der Waals surface area contributed by atoms with Crippen molar-refractivity contribution >= 4 is 17.8 Å². The zero-order chi connectivity index (χ0) is 24.9. The number of rotatable bonds is 7. The van der Waals surface area contributed by atoms with Gasteiger partial charge in [0.05, 0.1) is 11.4 Å². The molecule has 0 saturated carbocycles. The summed E-state index contributed by atoms with van der Waals surface area (Å²) in [4.78, 5) is 27.5. The maximum absolute atomic E-state index is 13.2. The Bertz CT molecular complexity index is 1130. The highest BCUT2D eigenvalue weighted by Crippen LogP contribution is 2.33. The fraction of sp³-hybridized carbons (Fsp3) is 0.370. The van der Waals surface area contributed by atoms with Crippen molar-refractivity contribution in [2.45, 2.75) is 53.5 Å². The second-order valence-electron chi connectivity index (χ2n) is 9.57. The van der Waals surface area contributed by atoms with Gasteiger partial charge in [-0.3, -0.25) is 4.79 Å². The Hall–Kier alpha value is -3.61. The number of anilines is 1. The van der Waals surface area contributed by atoms with E-state index in [-0.39, 0.29) is 24.0 Å². The largest absolute Gasteiger partial charge is 0.333 e. The monoisotopic (exact) mass is 461 g/mol. The Kier molecular flexibility index (Phi) is 7.76. The van der Waals surface area contributed by atoms with Crippen LogP contribution in [0.25, 0.3) is 16.8 Å². The van der Waals surface area contributed by atoms with E-state index in [0.717, 1.165) is 34.5 Å². The molecular formula is C27H35N5O2. The molecule has 7 nitrogen and oxygen atoms in total. The quantitative estimate of drug-likeness (QED) is 0.500. The van der Waals surface area contributed by atoms with Crippen LogP contribution in [0.1, 0.15) is 45.4 Å². The van der Waals surface area contributed by atoms with Crippen LogP contribution in [0.15, 0.2) is 54.6 Å². The summed E-state index contributed by atoms with van der Waals surface area (Å²) in [6, 6.07) is 17.6. The predicted molar refractivity (Wildman–Crippen MR) is 137 cm³/mol. The standard InChI is InChI=1S/C27H35N5O2/c1-7-17-31(26(34)29-27(4,5)6)18-23(33)28-25-24(21-11-9-8-10-12-21)20(3)30-32(25)22-15-13-19(2)14-16-22/h8-16H,7,17-18H2,1-6H3,(H,28,33)(H,29,34). The highest BCUT2D eigenvalue weighted by Gasteiger charge is 2.24. The topological polar surface area (TPSA) is 79.3 Å². The molecule has 0 radical (unpaired) electrons. The van der Waals surface area contributed by atoms with Gasteiger partial charge in [0.2, 0.25) is 5.91 Å². The van der Waals surface area contributed by atoms with Crippen LogP contribution in [-0.2, 0) is 4.79 Å². The van der Waals surface area contributed by atoms with Crippen LogP contribution < -0.4 is 10.6 Å². The number of amides is 3. The molecule has 0 saturated heterocycles. The number of urea groups is 1. The van der Waals surface area contributed by atoms with Crippen LogP contribution >= 0.6 is 0 Å². The van der Waals surface area contributed by atoms with E-state index in [4.69, 9.17) is 5.10 Å². The SMILES string of the molecule is CCCN(CC(=O)Nc1c(-c2ccccc2)c(C)nn1-c1ccc(C)cc1)C(=O)NC(C)(C)C. The van der Waals surface area contributed by atoms with Crippen molar-refractivity contribution in [2.75, 3.05) is 18.4 Å². The van der Waals surface area contributed by atoms with E-state index in [1.54, 1.807) is 9.58 Å². The van der Waals surface area contributed by atoms with E-state index < -0.39 is 0 Å². The minimum atomic E-state index is -0.388. The van der Waals surface area contributed by atoms with Crippen molar-refractivity contribution < 1.29 is 9.59 Å². The van der Waals surface area contributed by atoms with Crippen LogP contribution in [0.5, 0.6) is 0 Å². The average Bonchev–Trinajstić information content (AvgIpc) is 3.09. The fourth-order valence-electron chi connectivity index (χ4n) is 3.73. The predicted octanol–water partition coefficient (Wildman–Crippen LogP) is 5.31. The van der Waals surface area contributed by atoms with E-state index in [2.05, 4.69) is 10.6 Å². The lowest BCUT2D eigenvalue weighted by Crippen LogP contribution is -2.50. The maximum Gasteiger partial charge on any atom is 0.318 e. The molecule has 3 aromatic rings. The van der Waals surface area contributed by atoms with E-state index >= 15 is 0 Å². The number of hydrogen-bond donors (Lipinski definition) is 2. The molecule has 2 aromatic carbocycles. The van der Waals surface area contributed by atoms with Crippen molar-refractivity contribution in [3.8, 4) is 16.8 Å². The normalized spacial score (nSPS) is 11.2. The first-order valence-corrected chi connectivity index (χ1v) is 11.7. The van der Waals surface area contributed by atoms with Crippen molar-refractivity contribution in [2.24, 2.45) is 0 Å². The molecule has 0 unspecified atom stereocenters.